The maximum Gasteiger partial charge on any atom is 0.265 e. The minimum atomic E-state index is -3.95. The number of hydrogen-bond acceptors (Lipinski definition) is 5. The van der Waals surface area contributed by atoms with Gasteiger partial charge in [0.05, 0.1) is 13.2 Å². The average molecular weight is 447 g/mol. The number of nitrogens with zero attached hydrogens (tertiary/aromatic N) is 1. The van der Waals surface area contributed by atoms with Gasteiger partial charge in [0.1, 0.15) is 10.6 Å². The molecule has 168 valence electrons. The number of rotatable bonds is 8. The Morgan fingerprint density at radius 3 is 2.55 bits per heavy atom. The van der Waals surface area contributed by atoms with Crippen molar-refractivity contribution >= 4 is 21.6 Å². The molecule has 1 N–H and O–H groups in total. The Labute approximate surface area is 184 Å². The highest BCUT2D eigenvalue weighted by molar-refractivity contribution is 7.92. The Bertz CT molecular complexity index is 1020. The summed E-state index contributed by atoms with van der Waals surface area (Å²) in [5, 5.41) is 0. The van der Waals surface area contributed by atoms with Crippen molar-refractivity contribution in [1.29, 1.82) is 0 Å². The van der Waals surface area contributed by atoms with Crippen molar-refractivity contribution < 1.29 is 22.7 Å². The van der Waals surface area contributed by atoms with Crippen LogP contribution in [0.2, 0.25) is 0 Å². The Kier molecular flexibility index (Phi) is 7.23. The fraction of sp³-hybridized carbons (Fsp3) is 0.435. The Morgan fingerprint density at radius 1 is 1.19 bits per heavy atom. The number of carbonyl (C=O) groups is 1. The summed E-state index contributed by atoms with van der Waals surface area (Å²) in [5.41, 5.74) is 1.76. The van der Waals surface area contributed by atoms with Gasteiger partial charge >= 0.3 is 0 Å². The van der Waals surface area contributed by atoms with E-state index in [-0.39, 0.29) is 22.7 Å². The molecule has 1 atom stereocenters. The maximum absolute atomic E-state index is 13.0. The van der Waals surface area contributed by atoms with Crippen molar-refractivity contribution in [3.05, 3.63) is 53.6 Å². The zero-order chi connectivity index (χ0) is 22.6. The predicted molar refractivity (Wildman–Crippen MR) is 120 cm³/mol. The Morgan fingerprint density at radius 2 is 1.90 bits per heavy atom. The topological polar surface area (TPSA) is 84.9 Å². The van der Waals surface area contributed by atoms with Gasteiger partial charge in [-0.15, -0.1) is 0 Å². The minimum absolute atomic E-state index is 0.0102. The number of methoxy groups -OCH3 is 1. The van der Waals surface area contributed by atoms with E-state index in [1.165, 1.54) is 19.2 Å². The first kappa shape index (κ1) is 23.1. The Balaban J connectivity index is 1.80. The molecule has 7 nitrogen and oxygen atoms in total. The van der Waals surface area contributed by atoms with E-state index in [4.69, 9.17) is 9.47 Å². The highest BCUT2D eigenvalue weighted by Crippen LogP contribution is 2.28. The zero-order valence-electron chi connectivity index (χ0n) is 18.4. The predicted octanol–water partition coefficient (Wildman–Crippen LogP) is 3.69. The van der Waals surface area contributed by atoms with Crippen molar-refractivity contribution in [2.75, 3.05) is 31.5 Å². The summed E-state index contributed by atoms with van der Waals surface area (Å²) in [4.78, 5) is 14.6. The molecular formula is C23H30N2O5S. The molecule has 0 spiro atoms. The van der Waals surface area contributed by atoms with Crippen LogP contribution >= 0.6 is 0 Å². The lowest BCUT2D eigenvalue weighted by Gasteiger charge is -2.19. The largest absolute Gasteiger partial charge is 0.495 e. The number of likely N-dealkylation sites (tertiary alicyclic amines) is 1. The van der Waals surface area contributed by atoms with E-state index in [1.54, 1.807) is 23.1 Å². The summed E-state index contributed by atoms with van der Waals surface area (Å²) >= 11 is 0. The second-order valence-corrected chi connectivity index (χ2v) is 9.88. The quantitative estimate of drug-likeness (QED) is 0.668. The lowest BCUT2D eigenvalue weighted by Crippen LogP contribution is -2.30. The van der Waals surface area contributed by atoms with Crippen LogP contribution in [-0.2, 0) is 14.8 Å². The van der Waals surface area contributed by atoms with E-state index < -0.39 is 10.0 Å². The molecule has 1 aliphatic rings. The van der Waals surface area contributed by atoms with Crippen LogP contribution in [0.5, 0.6) is 5.75 Å². The highest BCUT2D eigenvalue weighted by Gasteiger charge is 2.29. The first-order valence-electron chi connectivity index (χ1n) is 10.4. The molecule has 8 heteroatoms. The van der Waals surface area contributed by atoms with Gasteiger partial charge in [0, 0.05) is 30.9 Å². The monoisotopic (exact) mass is 446 g/mol. The summed E-state index contributed by atoms with van der Waals surface area (Å²) in [6.45, 7) is 7.83. The number of carbonyl (C=O) groups excluding carboxylic acids is 1. The number of amides is 1. The normalized spacial score (nSPS) is 16.5. The van der Waals surface area contributed by atoms with Crippen LogP contribution in [0.25, 0.3) is 0 Å². The number of aryl methyl sites for hydroxylation is 1. The van der Waals surface area contributed by atoms with Crippen molar-refractivity contribution in [2.24, 2.45) is 5.92 Å². The number of hydrogen-bond donors (Lipinski definition) is 1. The van der Waals surface area contributed by atoms with Crippen molar-refractivity contribution in [2.45, 2.75) is 38.2 Å². The fourth-order valence-electron chi connectivity index (χ4n) is 3.41. The summed E-state index contributed by atoms with van der Waals surface area (Å²) in [6.07, 6.45) is 0.783. The van der Waals surface area contributed by atoms with Gasteiger partial charge < -0.3 is 14.4 Å². The lowest BCUT2D eigenvalue weighted by atomic mass is 10.2. The molecule has 1 unspecified atom stereocenters. The van der Waals surface area contributed by atoms with Crippen LogP contribution in [-0.4, -0.2) is 52.1 Å². The molecule has 1 saturated heterocycles. The van der Waals surface area contributed by atoms with E-state index in [0.29, 0.717) is 36.9 Å². The van der Waals surface area contributed by atoms with Gasteiger partial charge in [-0.1, -0.05) is 31.5 Å². The third-order valence-electron chi connectivity index (χ3n) is 5.10. The average Bonchev–Trinajstić information content (AvgIpc) is 3.22. The summed E-state index contributed by atoms with van der Waals surface area (Å²) in [5.74, 6) is 0.390. The molecular weight excluding hydrogens is 416 g/mol. The van der Waals surface area contributed by atoms with Crippen LogP contribution in [0, 0.1) is 12.8 Å². The number of ether oxygens (including phenoxy) is 2. The smallest absolute Gasteiger partial charge is 0.265 e. The van der Waals surface area contributed by atoms with E-state index in [9.17, 15) is 13.2 Å². The number of nitrogens with one attached hydrogen (secondary N) is 1. The second-order valence-electron chi connectivity index (χ2n) is 8.23. The number of benzene rings is 2. The molecule has 2 aromatic rings. The van der Waals surface area contributed by atoms with E-state index in [0.717, 1.165) is 12.0 Å². The fourth-order valence-corrected chi connectivity index (χ4v) is 4.67. The van der Waals surface area contributed by atoms with Gasteiger partial charge in [-0.05, 0) is 49.6 Å². The molecule has 1 amide bonds. The molecule has 0 bridgehead atoms. The maximum atomic E-state index is 13.0. The van der Waals surface area contributed by atoms with Crippen LogP contribution in [0.3, 0.4) is 0 Å². The molecule has 2 aromatic carbocycles. The Hall–Kier alpha value is -2.58. The zero-order valence-corrected chi connectivity index (χ0v) is 19.2. The third-order valence-corrected chi connectivity index (χ3v) is 6.50. The van der Waals surface area contributed by atoms with Gasteiger partial charge in [-0.25, -0.2) is 8.42 Å². The standard InChI is InChI=1S/C23H30N2O5S/c1-16(2)15-30-20-11-12-25(14-20)23(26)18-7-10-21(29-4)22(13-18)31(27,28)24-19-8-5-17(3)6-9-19/h5-10,13,16,20,24H,11-12,14-15H2,1-4H3. The van der Waals surface area contributed by atoms with Crippen molar-refractivity contribution in [3.63, 3.8) is 0 Å². The molecule has 0 aromatic heterocycles. The highest BCUT2D eigenvalue weighted by atomic mass is 32.2. The van der Waals surface area contributed by atoms with Gasteiger partial charge in [0.15, 0.2) is 0 Å². The van der Waals surface area contributed by atoms with Crippen molar-refractivity contribution in [1.82, 2.24) is 4.90 Å². The third kappa shape index (κ3) is 5.77. The number of anilines is 1. The van der Waals surface area contributed by atoms with E-state index in [2.05, 4.69) is 18.6 Å². The molecule has 1 fully saturated rings. The van der Waals surface area contributed by atoms with Gasteiger partial charge in [0.25, 0.3) is 15.9 Å². The van der Waals surface area contributed by atoms with Crippen LogP contribution in [0.4, 0.5) is 5.69 Å². The molecule has 31 heavy (non-hydrogen) atoms. The molecule has 1 heterocycles. The first-order chi connectivity index (χ1) is 14.7. The molecule has 1 aliphatic heterocycles. The summed E-state index contributed by atoms with van der Waals surface area (Å²) < 4.78 is 39.7. The first-order valence-corrected chi connectivity index (χ1v) is 11.9. The number of sulfonamides is 1. The SMILES string of the molecule is COc1ccc(C(=O)N2CCC(OCC(C)C)C2)cc1S(=O)(=O)Nc1ccc(C)cc1. The molecule has 0 radical (unpaired) electrons. The van der Waals surface area contributed by atoms with E-state index in [1.807, 2.05) is 19.1 Å². The summed E-state index contributed by atoms with van der Waals surface area (Å²) in [6, 6.07) is 11.5. The van der Waals surface area contributed by atoms with Gasteiger partial charge in [-0.2, -0.15) is 0 Å². The molecule has 0 saturated carbocycles. The van der Waals surface area contributed by atoms with Crippen LogP contribution in [0.1, 0.15) is 36.2 Å². The second kappa shape index (κ2) is 9.70. The van der Waals surface area contributed by atoms with Crippen LogP contribution in [0.15, 0.2) is 47.4 Å². The van der Waals surface area contributed by atoms with E-state index >= 15 is 0 Å². The lowest BCUT2D eigenvalue weighted by molar-refractivity contribution is 0.0396. The van der Waals surface area contributed by atoms with Crippen molar-refractivity contribution in [3.8, 4) is 5.75 Å². The van der Waals surface area contributed by atoms with Crippen LogP contribution < -0.4 is 9.46 Å². The van der Waals surface area contributed by atoms with Gasteiger partial charge in [-0.3, -0.25) is 9.52 Å². The van der Waals surface area contributed by atoms with Gasteiger partial charge in [0.2, 0.25) is 0 Å². The summed E-state index contributed by atoms with van der Waals surface area (Å²) in [7, 11) is -2.55. The minimum Gasteiger partial charge on any atom is -0.495 e. The molecule has 0 aliphatic carbocycles. The molecule has 3 rings (SSSR count).